The first-order valence-corrected chi connectivity index (χ1v) is 3.36. The Balaban J connectivity index is 4.33. The van der Waals surface area contributed by atoms with Crippen molar-refractivity contribution in [3.8, 4) is 0 Å². The van der Waals surface area contributed by atoms with Crippen molar-refractivity contribution < 1.29 is 9.47 Å². The van der Waals surface area contributed by atoms with Gasteiger partial charge in [0.15, 0.2) is 0 Å². The molecule has 0 saturated carbocycles. The van der Waals surface area contributed by atoms with Gasteiger partial charge in [-0.25, -0.2) is 0 Å². The molecule has 0 atom stereocenters. The molecular formula is C8H15NO2. The third-order valence-corrected chi connectivity index (χ3v) is 1.29. The van der Waals surface area contributed by atoms with E-state index in [2.05, 4.69) is 11.9 Å². The van der Waals surface area contributed by atoms with E-state index in [-0.39, 0.29) is 0 Å². The fraction of sp³-hybridized carbons (Fsp3) is 0.500. The predicted octanol–water partition coefficient (Wildman–Crippen LogP) is 0.896. The van der Waals surface area contributed by atoms with Crippen LogP contribution in [-0.4, -0.2) is 27.9 Å². The molecule has 0 bridgehead atoms. The van der Waals surface area contributed by atoms with Crippen LogP contribution in [0.3, 0.4) is 0 Å². The van der Waals surface area contributed by atoms with Gasteiger partial charge in [0.1, 0.15) is 5.76 Å². The maximum atomic E-state index is 5.02. The zero-order chi connectivity index (χ0) is 8.69. The van der Waals surface area contributed by atoms with E-state index >= 15 is 0 Å². The topological polar surface area (TPSA) is 30.5 Å². The molecule has 0 rings (SSSR count). The minimum Gasteiger partial charge on any atom is -0.495 e. The Morgan fingerprint density at radius 1 is 1.55 bits per heavy atom. The lowest BCUT2D eigenvalue weighted by molar-refractivity contribution is 0.210. The molecule has 11 heavy (non-hydrogen) atoms. The molecule has 0 aromatic heterocycles. The molecule has 0 heterocycles. The summed E-state index contributed by atoms with van der Waals surface area (Å²) in [5.74, 6) is 0.717. The van der Waals surface area contributed by atoms with Gasteiger partial charge in [0.2, 0.25) is 0 Å². The molecule has 0 radical (unpaired) electrons. The Morgan fingerprint density at radius 2 is 2.18 bits per heavy atom. The van der Waals surface area contributed by atoms with Crippen LogP contribution in [0.15, 0.2) is 24.1 Å². The van der Waals surface area contributed by atoms with E-state index in [0.717, 1.165) is 5.70 Å². The van der Waals surface area contributed by atoms with Crippen molar-refractivity contribution in [3.05, 3.63) is 24.1 Å². The van der Waals surface area contributed by atoms with E-state index in [1.54, 1.807) is 20.3 Å². The summed E-state index contributed by atoms with van der Waals surface area (Å²) in [4.78, 5) is 0. The molecule has 64 valence electrons. The zero-order valence-electron chi connectivity index (χ0n) is 7.31. The van der Waals surface area contributed by atoms with E-state index in [1.807, 2.05) is 7.05 Å². The number of ether oxygens (including phenoxy) is 2. The lowest BCUT2D eigenvalue weighted by atomic mass is 10.3. The SMILES string of the molecule is C=C/C(OC)=C(\COC)NC. The third kappa shape index (κ3) is 3.09. The van der Waals surface area contributed by atoms with E-state index in [9.17, 15) is 0 Å². The third-order valence-electron chi connectivity index (χ3n) is 1.29. The Kier molecular flexibility index (Phi) is 5.29. The molecule has 0 aliphatic carbocycles. The Labute approximate surface area is 67.7 Å². The summed E-state index contributed by atoms with van der Waals surface area (Å²) in [6, 6.07) is 0. The van der Waals surface area contributed by atoms with E-state index in [0.29, 0.717) is 12.4 Å². The summed E-state index contributed by atoms with van der Waals surface area (Å²) in [5.41, 5.74) is 0.894. The van der Waals surface area contributed by atoms with Crippen LogP contribution in [0, 0.1) is 0 Å². The van der Waals surface area contributed by atoms with Crippen LogP contribution < -0.4 is 5.32 Å². The minimum absolute atomic E-state index is 0.506. The van der Waals surface area contributed by atoms with Gasteiger partial charge in [-0.05, 0) is 6.08 Å². The van der Waals surface area contributed by atoms with Gasteiger partial charge in [-0.1, -0.05) is 6.58 Å². The van der Waals surface area contributed by atoms with Crippen molar-refractivity contribution in [2.75, 3.05) is 27.9 Å². The van der Waals surface area contributed by atoms with Crippen LogP contribution in [0.4, 0.5) is 0 Å². The predicted molar refractivity (Wildman–Crippen MR) is 45.2 cm³/mol. The van der Waals surface area contributed by atoms with Crippen LogP contribution >= 0.6 is 0 Å². The summed E-state index contributed by atoms with van der Waals surface area (Å²) in [6.45, 7) is 4.11. The lowest BCUT2D eigenvalue weighted by Gasteiger charge is -2.09. The van der Waals surface area contributed by atoms with Gasteiger partial charge in [0, 0.05) is 14.2 Å². The Hall–Kier alpha value is -0.960. The molecule has 3 nitrogen and oxygen atoms in total. The molecule has 0 aromatic carbocycles. The second-order valence-corrected chi connectivity index (χ2v) is 1.93. The Morgan fingerprint density at radius 3 is 2.45 bits per heavy atom. The lowest BCUT2D eigenvalue weighted by Crippen LogP contribution is -2.14. The fourth-order valence-corrected chi connectivity index (χ4v) is 0.741. The molecule has 1 N–H and O–H groups in total. The van der Waals surface area contributed by atoms with Gasteiger partial charge >= 0.3 is 0 Å². The highest BCUT2D eigenvalue weighted by Crippen LogP contribution is 2.02. The maximum absolute atomic E-state index is 5.02. The van der Waals surface area contributed by atoms with Crippen molar-refractivity contribution in [1.82, 2.24) is 5.32 Å². The summed E-state index contributed by atoms with van der Waals surface area (Å²) in [5, 5.41) is 2.96. The van der Waals surface area contributed by atoms with Gasteiger partial charge in [0.05, 0.1) is 19.4 Å². The molecule has 0 aromatic rings. The highest BCUT2D eigenvalue weighted by Gasteiger charge is 2.00. The van der Waals surface area contributed by atoms with E-state index in [1.165, 1.54) is 0 Å². The molecule has 0 aliphatic rings. The summed E-state index contributed by atoms with van der Waals surface area (Å²) in [6.07, 6.45) is 1.64. The second kappa shape index (κ2) is 5.80. The number of hydrogen-bond donors (Lipinski definition) is 1. The van der Waals surface area contributed by atoms with Gasteiger partial charge in [-0.3, -0.25) is 0 Å². The molecule has 0 unspecified atom stereocenters. The Bertz CT molecular complexity index is 152. The number of likely N-dealkylation sites (N-methyl/N-ethyl adjacent to an activating group) is 1. The standard InChI is InChI=1S/C8H15NO2/c1-5-8(11-4)7(9-2)6-10-3/h5,9H,1,6H2,2-4H3/b8-7-. The van der Waals surface area contributed by atoms with Crippen LogP contribution in [0.5, 0.6) is 0 Å². The highest BCUT2D eigenvalue weighted by molar-refractivity contribution is 5.17. The van der Waals surface area contributed by atoms with E-state index in [4.69, 9.17) is 9.47 Å². The maximum Gasteiger partial charge on any atom is 0.139 e. The quantitative estimate of drug-likeness (QED) is 0.475. The first-order valence-electron chi connectivity index (χ1n) is 3.36. The normalized spacial score (nSPS) is 11.9. The van der Waals surface area contributed by atoms with Crippen molar-refractivity contribution >= 4 is 0 Å². The largest absolute Gasteiger partial charge is 0.495 e. The van der Waals surface area contributed by atoms with Crippen LogP contribution in [0.2, 0.25) is 0 Å². The van der Waals surface area contributed by atoms with Crippen molar-refractivity contribution in [1.29, 1.82) is 0 Å². The van der Waals surface area contributed by atoms with Crippen molar-refractivity contribution in [2.24, 2.45) is 0 Å². The molecule has 0 fully saturated rings. The second-order valence-electron chi connectivity index (χ2n) is 1.93. The molecular weight excluding hydrogens is 142 g/mol. The van der Waals surface area contributed by atoms with Gasteiger partial charge in [-0.2, -0.15) is 0 Å². The molecule has 0 aliphatic heterocycles. The fourth-order valence-electron chi connectivity index (χ4n) is 0.741. The molecule has 0 amide bonds. The number of rotatable bonds is 5. The number of hydrogen-bond acceptors (Lipinski definition) is 3. The smallest absolute Gasteiger partial charge is 0.139 e. The monoisotopic (exact) mass is 157 g/mol. The minimum atomic E-state index is 0.506. The first kappa shape index (κ1) is 10.0. The highest BCUT2D eigenvalue weighted by atomic mass is 16.5. The first-order chi connectivity index (χ1) is 5.29. The summed E-state index contributed by atoms with van der Waals surface area (Å²) in [7, 11) is 5.05. The van der Waals surface area contributed by atoms with Gasteiger partial charge < -0.3 is 14.8 Å². The number of methoxy groups -OCH3 is 2. The average molecular weight is 157 g/mol. The van der Waals surface area contributed by atoms with Gasteiger partial charge in [0.25, 0.3) is 0 Å². The zero-order valence-corrected chi connectivity index (χ0v) is 7.31. The average Bonchev–Trinajstić information content (AvgIpc) is 2.05. The summed E-state index contributed by atoms with van der Waals surface area (Å²) >= 11 is 0. The van der Waals surface area contributed by atoms with Crippen molar-refractivity contribution in [3.63, 3.8) is 0 Å². The summed E-state index contributed by atoms with van der Waals surface area (Å²) < 4.78 is 9.96. The van der Waals surface area contributed by atoms with Gasteiger partial charge in [-0.15, -0.1) is 0 Å². The number of allylic oxidation sites excluding steroid dienone is 1. The van der Waals surface area contributed by atoms with Crippen LogP contribution in [0.1, 0.15) is 0 Å². The van der Waals surface area contributed by atoms with E-state index < -0.39 is 0 Å². The van der Waals surface area contributed by atoms with Crippen molar-refractivity contribution in [2.45, 2.75) is 0 Å². The molecule has 3 heteroatoms. The molecule has 0 saturated heterocycles. The molecule has 0 spiro atoms. The van der Waals surface area contributed by atoms with Crippen LogP contribution in [0.25, 0.3) is 0 Å². The number of nitrogens with one attached hydrogen (secondary N) is 1. The van der Waals surface area contributed by atoms with Crippen LogP contribution in [-0.2, 0) is 9.47 Å².